The maximum atomic E-state index is 11.4. The van der Waals surface area contributed by atoms with Crippen molar-refractivity contribution in [3.8, 4) is 0 Å². The quantitative estimate of drug-likeness (QED) is 0.159. The fourth-order valence-electron chi connectivity index (χ4n) is 2.38. The third-order valence-electron chi connectivity index (χ3n) is 3.91. The number of nitrogens with two attached hydrogens (primary N) is 1. The number of rotatable bonds is 20. The van der Waals surface area contributed by atoms with E-state index in [1.54, 1.807) is 0 Å². The molecule has 0 rings (SSSR count). The molecule has 2 atom stereocenters. The zero-order valence-electron chi connectivity index (χ0n) is 16.9. The molecule has 0 saturated heterocycles. The number of ether oxygens (including phenoxy) is 1. The first kappa shape index (κ1) is 26.7. The van der Waals surface area contributed by atoms with Gasteiger partial charge in [0.2, 0.25) is 0 Å². The minimum Gasteiger partial charge on any atom is -0.388 e. The summed E-state index contributed by atoms with van der Waals surface area (Å²) < 4.78 is 26.0. The van der Waals surface area contributed by atoms with Gasteiger partial charge in [0.25, 0.3) is 0 Å². The Bertz CT molecular complexity index is 394. The van der Waals surface area contributed by atoms with Crippen LogP contribution in [0.4, 0.5) is 0 Å². The SMILES string of the molecule is CCCC/C=C\CCCCCCCCOCC(O)COP(=O)(O)OCCN. The average Bonchev–Trinajstić information content (AvgIpc) is 2.65. The van der Waals surface area contributed by atoms with Crippen molar-refractivity contribution in [3.05, 3.63) is 12.2 Å². The van der Waals surface area contributed by atoms with E-state index < -0.39 is 13.9 Å². The van der Waals surface area contributed by atoms with Crippen LogP contribution >= 0.6 is 7.82 Å². The molecule has 0 radical (unpaired) electrons. The van der Waals surface area contributed by atoms with Crippen molar-refractivity contribution in [3.63, 3.8) is 0 Å². The number of hydrogen-bond acceptors (Lipinski definition) is 6. The zero-order valence-corrected chi connectivity index (χ0v) is 17.8. The van der Waals surface area contributed by atoms with E-state index in [9.17, 15) is 14.6 Å². The van der Waals surface area contributed by atoms with Crippen molar-refractivity contribution in [1.29, 1.82) is 0 Å². The van der Waals surface area contributed by atoms with Crippen molar-refractivity contribution in [1.82, 2.24) is 0 Å². The van der Waals surface area contributed by atoms with Crippen molar-refractivity contribution < 1.29 is 28.3 Å². The Balaban J connectivity index is 3.36. The van der Waals surface area contributed by atoms with Crippen LogP contribution in [0.1, 0.15) is 71.1 Å². The Labute approximate surface area is 164 Å². The molecule has 7 nitrogen and oxygen atoms in total. The largest absolute Gasteiger partial charge is 0.472 e. The molecule has 0 spiro atoms. The van der Waals surface area contributed by atoms with Gasteiger partial charge in [0.05, 0.1) is 19.8 Å². The van der Waals surface area contributed by atoms with Crippen molar-refractivity contribution >= 4 is 7.82 Å². The Morgan fingerprint density at radius 3 is 2.22 bits per heavy atom. The lowest BCUT2D eigenvalue weighted by atomic mass is 10.1. The topological polar surface area (TPSA) is 111 Å². The molecule has 27 heavy (non-hydrogen) atoms. The van der Waals surface area contributed by atoms with E-state index >= 15 is 0 Å². The van der Waals surface area contributed by atoms with Crippen LogP contribution in [-0.4, -0.2) is 49.1 Å². The molecular weight excluding hydrogens is 369 g/mol. The molecule has 0 aliphatic rings. The fourth-order valence-corrected chi connectivity index (χ4v) is 3.16. The van der Waals surface area contributed by atoms with E-state index in [4.69, 9.17) is 10.5 Å². The number of allylic oxidation sites excluding steroid dienone is 2. The summed E-state index contributed by atoms with van der Waals surface area (Å²) in [6.07, 6.45) is 15.6. The van der Waals surface area contributed by atoms with Gasteiger partial charge < -0.3 is 20.5 Å². The molecule has 0 heterocycles. The van der Waals surface area contributed by atoms with Crippen LogP contribution in [0.15, 0.2) is 12.2 Å². The van der Waals surface area contributed by atoms with Crippen LogP contribution in [0.3, 0.4) is 0 Å². The number of phosphoric ester groups is 1. The van der Waals surface area contributed by atoms with E-state index in [1.807, 2.05) is 0 Å². The summed E-state index contributed by atoms with van der Waals surface area (Å²) in [6.45, 7) is 2.59. The molecule has 0 saturated carbocycles. The van der Waals surface area contributed by atoms with Crippen LogP contribution in [0, 0.1) is 0 Å². The number of aliphatic hydroxyl groups excluding tert-OH is 1. The van der Waals surface area contributed by atoms with Gasteiger partial charge in [-0.15, -0.1) is 0 Å². The van der Waals surface area contributed by atoms with E-state index in [0.717, 1.165) is 12.8 Å². The summed E-state index contributed by atoms with van der Waals surface area (Å²) in [4.78, 5) is 9.29. The molecule has 0 aliphatic heterocycles. The van der Waals surface area contributed by atoms with Gasteiger partial charge in [0.15, 0.2) is 0 Å². The molecular formula is C19H40NO6P. The van der Waals surface area contributed by atoms with Crippen LogP contribution < -0.4 is 5.73 Å². The Hall–Kier alpha value is -0.270. The second-order valence-electron chi connectivity index (χ2n) is 6.64. The highest BCUT2D eigenvalue weighted by molar-refractivity contribution is 7.47. The minimum absolute atomic E-state index is 0.0707. The van der Waals surface area contributed by atoms with Gasteiger partial charge in [0, 0.05) is 13.2 Å². The normalized spacial score (nSPS) is 15.3. The first-order valence-electron chi connectivity index (χ1n) is 10.2. The third-order valence-corrected chi connectivity index (χ3v) is 4.90. The lowest BCUT2D eigenvalue weighted by molar-refractivity contribution is 0.00230. The Kier molecular flexibility index (Phi) is 18.9. The number of unbranched alkanes of at least 4 members (excludes halogenated alkanes) is 8. The molecule has 0 aromatic rings. The van der Waals surface area contributed by atoms with Gasteiger partial charge in [-0.2, -0.15) is 0 Å². The lowest BCUT2D eigenvalue weighted by Gasteiger charge is -2.15. The minimum atomic E-state index is -4.14. The standard InChI is InChI=1S/C19H40NO6P/c1-2-3-4-5-6-7-8-9-10-11-12-13-15-24-17-19(21)18-26-27(22,23)25-16-14-20/h5-6,19,21H,2-4,7-18,20H2,1H3,(H,22,23)/b6-5-. The van der Waals surface area contributed by atoms with Gasteiger partial charge >= 0.3 is 7.82 Å². The van der Waals surface area contributed by atoms with Crippen LogP contribution in [-0.2, 0) is 18.3 Å². The molecule has 0 aromatic carbocycles. The molecule has 162 valence electrons. The summed E-state index contributed by atoms with van der Waals surface area (Å²) in [6, 6.07) is 0. The second-order valence-corrected chi connectivity index (χ2v) is 8.09. The third kappa shape index (κ3) is 20.3. The first-order valence-corrected chi connectivity index (χ1v) is 11.7. The summed E-state index contributed by atoms with van der Waals surface area (Å²) in [5, 5.41) is 9.66. The van der Waals surface area contributed by atoms with E-state index in [1.165, 1.54) is 51.4 Å². The van der Waals surface area contributed by atoms with Gasteiger partial charge in [-0.3, -0.25) is 9.05 Å². The number of phosphoric acid groups is 1. The van der Waals surface area contributed by atoms with Crippen molar-refractivity contribution in [2.45, 2.75) is 77.2 Å². The van der Waals surface area contributed by atoms with Crippen LogP contribution in [0.2, 0.25) is 0 Å². The van der Waals surface area contributed by atoms with Crippen LogP contribution in [0.25, 0.3) is 0 Å². The van der Waals surface area contributed by atoms with Gasteiger partial charge in [-0.05, 0) is 25.7 Å². The molecule has 0 fully saturated rings. The molecule has 0 aromatic heterocycles. The predicted molar refractivity (Wildman–Crippen MR) is 109 cm³/mol. The second kappa shape index (κ2) is 19.1. The molecule has 2 unspecified atom stereocenters. The van der Waals surface area contributed by atoms with Crippen molar-refractivity contribution in [2.24, 2.45) is 5.73 Å². The zero-order chi connectivity index (χ0) is 20.2. The Morgan fingerprint density at radius 2 is 1.56 bits per heavy atom. The highest BCUT2D eigenvalue weighted by Gasteiger charge is 2.22. The lowest BCUT2D eigenvalue weighted by Crippen LogP contribution is -2.22. The van der Waals surface area contributed by atoms with Crippen LogP contribution in [0.5, 0.6) is 0 Å². The summed E-state index contributed by atoms with van der Waals surface area (Å²) >= 11 is 0. The molecule has 0 amide bonds. The number of aliphatic hydroxyl groups is 1. The summed E-state index contributed by atoms with van der Waals surface area (Å²) in [7, 11) is -4.14. The first-order chi connectivity index (χ1) is 13.0. The highest BCUT2D eigenvalue weighted by Crippen LogP contribution is 2.42. The van der Waals surface area contributed by atoms with Gasteiger partial charge in [0.1, 0.15) is 6.10 Å². The predicted octanol–water partition coefficient (Wildman–Crippen LogP) is 3.93. The van der Waals surface area contributed by atoms with E-state index in [0.29, 0.717) is 6.61 Å². The maximum absolute atomic E-state index is 11.4. The van der Waals surface area contributed by atoms with E-state index in [2.05, 4.69) is 28.1 Å². The fraction of sp³-hybridized carbons (Fsp3) is 0.895. The summed E-state index contributed by atoms with van der Waals surface area (Å²) in [5.41, 5.74) is 5.17. The molecule has 4 N–H and O–H groups in total. The molecule has 0 bridgehead atoms. The molecule has 8 heteroatoms. The van der Waals surface area contributed by atoms with Gasteiger partial charge in [-0.25, -0.2) is 4.57 Å². The van der Waals surface area contributed by atoms with E-state index in [-0.39, 0.29) is 26.4 Å². The maximum Gasteiger partial charge on any atom is 0.472 e. The average molecular weight is 410 g/mol. The highest BCUT2D eigenvalue weighted by atomic mass is 31.2. The van der Waals surface area contributed by atoms with Crippen molar-refractivity contribution in [2.75, 3.05) is 33.0 Å². The number of hydrogen-bond donors (Lipinski definition) is 3. The Morgan fingerprint density at radius 1 is 0.926 bits per heavy atom. The van der Waals surface area contributed by atoms with Gasteiger partial charge in [-0.1, -0.05) is 57.6 Å². The smallest absolute Gasteiger partial charge is 0.388 e. The molecule has 0 aliphatic carbocycles. The monoisotopic (exact) mass is 409 g/mol. The summed E-state index contributed by atoms with van der Waals surface area (Å²) in [5.74, 6) is 0.